The molecule has 27 heavy (non-hydrogen) atoms. The predicted molar refractivity (Wildman–Crippen MR) is 108 cm³/mol. The van der Waals surface area contributed by atoms with Gasteiger partial charge in [-0.05, 0) is 85.6 Å². The van der Waals surface area contributed by atoms with Crippen LogP contribution in [0.3, 0.4) is 0 Å². The molecule has 0 heterocycles. The van der Waals surface area contributed by atoms with Crippen LogP contribution in [-0.2, 0) is 10.0 Å². The summed E-state index contributed by atoms with van der Waals surface area (Å²) in [5, 5.41) is 12.0. The maximum absolute atomic E-state index is 12.5. The molecule has 3 rings (SSSR count). The number of anilines is 3. The minimum Gasteiger partial charge on any atom is -0.356 e. The lowest BCUT2D eigenvalue weighted by Gasteiger charge is -2.11. The monoisotopic (exact) mass is 377 g/mol. The number of sulfonamides is 1. The Morgan fingerprint density at radius 1 is 0.778 bits per heavy atom. The van der Waals surface area contributed by atoms with E-state index in [9.17, 15) is 8.42 Å². The molecule has 0 aliphatic carbocycles. The van der Waals surface area contributed by atoms with Crippen molar-refractivity contribution in [1.82, 2.24) is 0 Å². The van der Waals surface area contributed by atoms with E-state index >= 15 is 0 Å². The average Bonchev–Trinajstić information content (AvgIpc) is 2.66. The van der Waals surface area contributed by atoms with Crippen LogP contribution < -0.4 is 10.0 Å². The lowest BCUT2D eigenvalue weighted by molar-refractivity contribution is 0.601. The molecule has 0 amide bonds. The van der Waals surface area contributed by atoms with Crippen LogP contribution in [0, 0.1) is 25.2 Å². The second-order valence-electron chi connectivity index (χ2n) is 6.24. The maximum atomic E-state index is 12.5. The molecule has 3 aromatic carbocycles. The van der Waals surface area contributed by atoms with Crippen molar-refractivity contribution < 1.29 is 8.42 Å². The van der Waals surface area contributed by atoms with E-state index in [1.807, 2.05) is 26.0 Å². The van der Waals surface area contributed by atoms with Crippen LogP contribution in [0.15, 0.2) is 71.6 Å². The number of hydrogen-bond acceptors (Lipinski definition) is 4. The molecule has 0 atom stereocenters. The first-order chi connectivity index (χ1) is 12.9. The second kappa shape index (κ2) is 7.52. The molecule has 6 heteroatoms. The van der Waals surface area contributed by atoms with Gasteiger partial charge in [0.25, 0.3) is 10.0 Å². The SMILES string of the molecule is Cc1ccc(S(=O)(=O)Nc2ccc(Nc3ccc(C#N)cc3)cc2)cc1C. The van der Waals surface area contributed by atoms with Crippen molar-refractivity contribution >= 4 is 27.1 Å². The van der Waals surface area contributed by atoms with Gasteiger partial charge in [0, 0.05) is 17.1 Å². The highest BCUT2D eigenvalue weighted by Crippen LogP contribution is 2.22. The molecule has 0 saturated heterocycles. The molecule has 136 valence electrons. The first-order valence-electron chi connectivity index (χ1n) is 8.35. The van der Waals surface area contributed by atoms with Crippen molar-refractivity contribution in [2.24, 2.45) is 0 Å². The van der Waals surface area contributed by atoms with Gasteiger partial charge in [0.15, 0.2) is 0 Å². The quantitative estimate of drug-likeness (QED) is 0.674. The van der Waals surface area contributed by atoms with E-state index in [2.05, 4.69) is 16.1 Å². The largest absolute Gasteiger partial charge is 0.356 e. The molecule has 0 radical (unpaired) electrons. The van der Waals surface area contributed by atoms with E-state index in [-0.39, 0.29) is 4.90 Å². The zero-order valence-electron chi connectivity index (χ0n) is 15.0. The third-order valence-corrected chi connectivity index (χ3v) is 5.61. The first kappa shape index (κ1) is 18.5. The summed E-state index contributed by atoms with van der Waals surface area (Å²) in [7, 11) is -3.63. The van der Waals surface area contributed by atoms with E-state index in [4.69, 9.17) is 5.26 Å². The van der Waals surface area contributed by atoms with Crippen LogP contribution in [0.4, 0.5) is 17.1 Å². The Labute approximate surface area is 159 Å². The summed E-state index contributed by atoms with van der Waals surface area (Å²) in [6, 6.07) is 21.2. The van der Waals surface area contributed by atoms with Crippen molar-refractivity contribution in [3.8, 4) is 6.07 Å². The highest BCUT2D eigenvalue weighted by atomic mass is 32.2. The zero-order chi connectivity index (χ0) is 19.4. The van der Waals surface area contributed by atoms with Gasteiger partial charge in [-0.1, -0.05) is 6.07 Å². The topological polar surface area (TPSA) is 82.0 Å². The fourth-order valence-corrected chi connectivity index (χ4v) is 3.65. The van der Waals surface area contributed by atoms with Crippen LogP contribution in [0.2, 0.25) is 0 Å². The van der Waals surface area contributed by atoms with Crippen LogP contribution >= 0.6 is 0 Å². The van der Waals surface area contributed by atoms with E-state index in [1.165, 1.54) is 0 Å². The Balaban J connectivity index is 1.72. The van der Waals surface area contributed by atoms with Gasteiger partial charge in [0.2, 0.25) is 0 Å². The molecular weight excluding hydrogens is 358 g/mol. The standard InChI is InChI=1S/C21H19N3O2S/c1-15-3-12-21(13-16(15)2)27(25,26)24-20-10-8-19(9-11-20)23-18-6-4-17(14-22)5-7-18/h3-13,23-24H,1-2H3. The van der Waals surface area contributed by atoms with Gasteiger partial charge in [-0.2, -0.15) is 5.26 Å². The lowest BCUT2D eigenvalue weighted by Crippen LogP contribution is -2.13. The highest BCUT2D eigenvalue weighted by Gasteiger charge is 2.14. The molecule has 0 aliphatic heterocycles. The summed E-state index contributed by atoms with van der Waals surface area (Å²) in [5.41, 5.74) is 4.72. The Kier molecular flexibility index (Phi) is 5.15. The Morgan fingerprint density at radius 2 is 1.33 bits per heavy atom. The van der Waals surface area contributed by atoms with Crippen LogP contribution in [-0.4, -0.2) is 8.42 Å². The fourth-order valence-electron chi connectivity index (χ4n) is 2.51. The number of nitrogens with one attached hydrogen (secondary N) is 2. The van der Waals surface area contributed by atoms with E-state index in [0.717, 1.165) is 22.5 Å². The van der Waals surface area contributed by atoms with E-state index in [0.29, 0.717) is 11.3 Å². The van der Waals surface area contributed by atoms with E-state index in [1.54, 1.807) is 54.6 Å². The Hall–Kier alpha value is -3.30. The summed E-state index contributed by atoms with van der Waals surface area (Å²) >= 11 is 0. The number of aryl methyl sites for hydroxylation is 2. The van der Waals surface area contributed by atoms with Gasteiger partial charge in [-0.15, -0.1) is 0 Å². The number of nitriles is 1. The molecule has 0 aromatic heterocycles. The fraction of sp³-hybridized carbons (Fsp3) is 0.0952. The minimum atomic E-state index is -3.63. The first-order valence-corrected chi connectivity index (χ1v) is 9.83. The third-order valence-electron chi connectivity index (χ3n) is 4.23. The zero-order valence-corrected chi connectivity index (χ0v) is 15.8. The number of nitrogens with zero attached hydrogens (tertiary/aromatic N) is 1. The minimum absolute atomic E-state index is 0.241. The van der Waals surface area contributed by atoms with Gasteiger partial charge in [0.1, 0.15) is 0 Å². The van der Waals surface area contributed by atoms with Crippen LogP contribution in [0.25, 0.3) is 0 Å². The smallest absolute Gasteiger partial charge is 0.261 e. The molecular formula is C21H19N3O2S. The summed E-state index contributed by atoms with van der Waals surface area (Å²) in [6.45, 7) is 3.83. The molecule has 0 unspecified atom stereocenters. The van der Waals surface area contributed by atoms with Crippen LogP contribution in [0.1, 0.15) is 16.7 Å². The number of benzene rings is 3. The second-order valence-corrected chi connectivity index (χ2v) is 7.93. The van der Waals surface area contributed by atoms with Crippen molar-refractivity contribution in [2.45, 2.75) is 18.7 Å². The number of hydrogen-bond donors (Lipinski definition) is 2. The maximum Gasteiger partial charge on any atom is 0.261 e. The molecule has 0 aliphatic rings. The molecule has 0 bridgehead atoms. The number of rotatable bonds is 5. The van der Waals surface area contributed by atoms with Crippen LogP contribution in [0.5, 0.6) is 0 Å². The van der Waals surface area contributed by atoms with Crippen molar-refractivity contribution in [3.63, 3.8) is 0 Å². The molecule has 3 aromatic rings. The Morgan fingerprint density at radius 3 is 1.89 bits per heavy atom. The lowest BCUT2D eigenvalue weighted by atomic mass is 10.1. The van der Waals surface area contributed by atoms with Crippen molar-refractivity contribution in [3.05, 3.63) is 83.4 Å². The highest BCUT2D eigenvalue weighted by molar-refractivity contribution is 7.92. The summed E-state index contributed by atoms with van der Waals surface area (Å²) in [4.78, 5) is 0.241. The molecule has 5 nitrogen and oxygen atoms in total. The van der Waals surface area contributed by atoms with E-state index < -0.39 is 10.0 Å². The molecule has 0 fully saturated rings. The normalized spacial score (nSPS) is 10.9. The summed E-state index contributed by atoms with van der Waals surface area (Å²) in [6.07, 6.45) is 0. The molecule has 0 spiro atoms. The average molecular weight is 377 g/mol. The van der Waals surface area contributed by atoms with Crippen molar-refractivity contribution in [2.75, 3.05) is 10.0 Å². The Bertz CT molecular complexity index is 1100. The van der Waals surface area contributed by atoms with Gasteiger partial charge in [-0.3, -0.25) is 4.72 Å². The summed E-state index contributed by atoms with van der Waals surface area (Å²) in [5.74, 6) is 0. The van der Waals surface area contributed by atoms with Gasteiger partial charge in [-0.25, -0.2) is 8.42 Å². The molecule has 2 N–H and O–H groups in total. The van der Waals surface area contributed by atoms with Gasteiger partial charge < -0.3 is 5.32 Å². The molecule has 0 saturated carbocycles. The predicted octanol–water partition coefficient (Wildman–Crippen LogP) is 4.72. The van der Waals surface area contributed by atoms with Gasteiger partial charge >= 0.3 is 0 Å². The third kappa shape index (κ3) is 4.46. The van der Waals surface area contributed by atoms with Gasteiger partial charge in [0.05, 0.1) is 16.5 Å². The van der Waals surface area contributed by atoms with Crippen molar-refractivity contribution in [1.29, 1.82) is 5.26 Å². The summed E-state index contributed by atoms with van der Waals surface area (Å²) < 4.78 is 27.7.